The number of hydrogen-bond donors (Lipinski definition) is 1. The second-order valence-corrected chi connectivity index (χ2v) is 7.19. The minimum Gasteiger partial charge on any atom is -0.460 e. The summed E-state index contributed by atoms with van der Waals surface area (Å²) >= 11 is 1.32. The van der Waals surface area contributed by atoms with Gasteiger partial charge in [-0.2, -0.15) is 4.37 Å². The lowest BCUT2D eigenvalue weighted by Gasteiger charge is -2.19. The van der Waals surface area contributed by atoms with Gasteiger partial charge in [-0.1, -0.05) is 20.8 Å². The molecule has 0 unspecified atom stereocenters. The van der Waals surface area contributed by atoms with Gasteiger partial charge in [0.15, 0.2) is 0 Å². The summed E-state index contributed by atoms with van der Waals surface area (Å²) in [6.07, 6.45) is 0.321. The van der Waals surface area contributed by atoms with E-state index in [-0.39, 0.29) is 11.4 Å². The largest absolute Gasteiger partial charge is 0.460 e. The Labute approximate surface area is 118 Å². The summed E-state index contributed by atoms with van der Waals surface area (Å²) < 4.78 is 9.52. The molecule has 1 N–H and O–H groups in total. The molecule has 19 heavy (non-hydrogen) atoms. The van der Waals surface area contributed by atoms with Crippen LogP contribution in [-0.2, 0) is 14.9 Å². The predicted octanol–water partition coefficient (Wildman–Crippen LogP) is 2.98. The Morgan fingerprint density at radius 1 is 1.26 bits per heavy atom. The third-order valence-electron chi connectivity index (χ3n) is 2.12. The molecular formula is C13H23N3O2S. The summed E-state index contributed by atoms with van der Waals surface area (Å²) in [5.74, 6) is 0.609. The van der Waals surface area contributed by atoms with E-state index < -0.39 is 5.60 Å². The Morgan fingerprint density at radius 2 is 1.89 bits per heavy atom. The van der Waals surface area contributed by atoms with E-state index >= 15 is 0 Å². The molecule has 1 aromatic heterocycles. The minimum atomic E-state index is -0.431. The number of carbonyl (C=O) groups is 1. The second-order valence-electron chi connectivity index (χ2n) is 6.44. The molecule has 0 aromatic carbocycles. The van der Waals surface area contributed by atoms with Crippen LogP contribution in [0.5, 0.6) is 0 Å². The summed E-state index contributed by atoms with van der Waals surface area (Å²) in [4.78, 5) is 15.9. The molecule has 0 atom stereocenters. The van der Waals surface area contributed by atoms with Crippen molar-refractivity contribution in [1.29, 1.82) is 0 Å². The van der Waals surface area contributed by atoms with Gasteiger partial charge in [-0.25, -0.2) is 4.98 Å². The number of ether oxygens (including phenoxy) is 1. The quantitative estimate of drug-likeness (QED) is 0.862. The smallest absolute Gasteiger partial charge is 0.308 e. The van der Waals surface area contributed by atoms with E-state index in [0.29, 0.717) is 13.0 Å². The van der Waals surface area contributed by atoms with E-state index in [2.05, 4.69) is 35.4 Å². The first-order valence-electron chi connectivity index (χ1n) is 6.38. The van der Waals surface area contributed by atoms with Gasteiger partial charge >= 0.3 is 5.97 Å². The first-order valence-corrected chi connectivity index (χ1v) is 7.15. The van der Waals surface area contributed by atoms with Gasteiger partial charge in [-0.05, 0) is 20.8 Å². The van der Waals surface area contributed by atoms with Crippen molar-refractivity contribution < 1.29 is 9.53 Å². The van der Waals surface area contributed by atoms with Crippen molar-refractivity contribution in [2.24, 2.45) is 0 Å². The maximum Gasteiger partial charge on any atom is 0.308 e. The molecule has 5 nitrogen and oxygen atoms in total. The standard InChI is InChI=1S/C13H23N3O2S/c1-12(2,3)10-15-11(19-16-10)14-8-7-9(17)18-13(4,5)6/h7-8H2,1-6H3,(H,14,15,16). The fourth-order valence-corrected chi connectivity index (χ4v) is 2.05. The number of nitrogens with zero attached hydrogens (tertiary/aromatic N) is 2. The molecule has 0 amide bonds. The van der Waals surface area contributed by atoms with Gasteiger partial charge < -0.3 is 10.1 Å². The lowest BCUT2D eigenvalue weighted by molar-refractivity contribution is -0.154. The van der Waals surface area contributed by atoms with Crippen LogP contribution in [0, 0.1) is 0 Å². The first kappa shape index (κ1) is 15.9. The van der Waals surface area contributed by atoms with Crippen molar-refractivity contribution in [2.75, 3.05) is 11.9 Å². The zero-order valence-corrected chi connectivity index (χ0v) is 13.3. The highest BCUT2D eigenvalue weighted by molar-refractivity contribution is 7.09. The number of nitrogens with one attached hydrogen (secondary N) is 1. The molecule has 1 rings (SSSR count). The highest BCUT2D eigenvalue weighted by atomic mass is 32.1. The number of aromatic nitrogens is 2. The molecule has 0 spiro atoms. The molecule has 0 saturated carbocycles. The molecule has 0 aliphatic rings. The summed E-state index contributed by atoms with van der Waals surface area (Å²) in [7, 11) is 0. The number of hydrogen-bond acceptors (Lipinski definition) is 6. The number of esters is 1. The number of anilines is 1. The molecule has 0 aliphatic carbocycles. The van der Waals surface area contributed by atoms with Crippen LogP contribution in [-0.4, -0.2) is 27.5 Å². The molecule has 0 saturated heterocycles. The van der Waals surface area contributed by atoms with Gasteiger partial charge in [0, 0.05) is 23.5 Å². The minimum absolute atomic E-state index is 0.0540. The van der Waals surface area contributed by atoms with Crippen LogP contribution in [0.1, 0.15) is 53.8 Å². The van der Waals surface area contributed by atoms with E-state index in [4.69, 9.17) is 4.74 Å². The highest BCUT2D eigenvalue weighted by Crippen LogP contribution is 2.22. The van der Waals surface area contributed by atoms with Gasteiger partial charge in [0.1, 0.15) is 11.4 Å². The maximum atomic E-state index is 11.5. The van der Waals surface area contributed by atoms with Crippen molar-refractivity contribution in [3.63, 3.8) is 0 Å². The predicted molar refractivity (Wildman–Crippen MR) is 77.6 cm³/mol. The lowest BCUT2D eigenvalue weighted by atomic mass is 9.96. The van der Waals surface area contributed by atoms with Crippen molar-refractivity contribution in [2.45, 2.75) is 59.0 Å². The van der Waals surface area contributed by atoms with Gasteiger partial charge in [-0.3, -0.25) is 4.79 Å². The van der Waals surface area contributed by atoms with E-state index in [0.717, 1.165) is 11.0 Å². The third-order valence-corrected chi connectivity index (χ3v) is 2.80. The van der Waals surface area contributed by atoms with Crippen molar-refractivity contribution >= 4 is 22.6 Å². The molecular weight excluding hydrogens is 262 g/mol. The fourth-order valence-electron chi connectivity index (χ4n) is 1.26. The Hall–Kier alpha value is -1.17. The molecule has 0 fully saturated rings. The Morgan fingerprint density at radius 3 is 2.37 bits per heavy atom. The van der Waals surface area contributed by atoms with Crippen molar-refractivity contribution in [3.05, 3.63) is 5.82 Å². The summed E-state index contributed by atoms with van der Waals surface area (Å²) in [6, 6.07) is 0. The van der Waals surface area contributed by atoms with Crippen LogP contribution in [0.15, 0.2) is 0 Å². The van der Waals surface area contributed by atoms with Gasteiger partial charge in [0.05, 0.1) is 6.42 Å². The van der Waals surface area contributed by atoms with E-state index in [1.807, 2.05) is 20.8 Å². The molecule has 0 bridgehead atoms. The molecule has 1 aromatic rings. The molecule has 0 radical (unpaired) electrons. The zero-order valence-electron chi connectivity index (χ0n) is 12.5. The summed E-state index contributed by atoms with van der Waals surface area (Å²) in [6.45, 7) is 12.3. The molecule has 108 valence electrons. The Bertz CT molecular complexity index is 430. The van der Waals surface area contributed by atoms with Gasteiger partial charge in [-0.15, -0.1) is 0 Å². The van der Waals surface area contributed by atoms with E-state index in [9.17, 15) is 4.79 Å². The summed E-state index contributed by atoms with van der Waals surface area (Å²) in [5.41, 5.74) is -0.485. The maximum absolute atomic E-state index is 11.5. The van der Waals surface area contributed by atoms with Gasteiger partial charge in [0.25, 0.3) is 0 Å². The third kappa shape index (κ3) is 6.00. The monoisotopic (exact) mass is 285 g/mol. The first-order chi connectivity index (χ1) is 8.58. The van der Waals surface area contributed by atoms with E-state index in [1.165, 1.54) is 11.5 Å². The van der Waals surface area contributed by atoms with Crippen LogP contribution in [0.3, 0.4) is 0 Å². The normalized spacial score (nSPS) is 12.3. The van der Waals surface area contributed by atoms with Gasteiger partial charge in [0.2, 0.25) is 5.13 Å². The Balaban J connectivity index is 2.38. The van der Waals surface area contributed by atoms with Crippen LogP contribution in [0.25, 0.3) is 0 Å². The molecule has 0 aliphatic heterocycles. The average molecular weight is 285 g/mol. The number of rotatable bonds is 4. The molecule has 6 heteroatoms. The topological polar surface area (TPSA) is 64.1 Å². The van der Waals surface area contributed by atoms with Crippen LogP contribution >= 0.6 is 11.5 Å². The zero-order chi connectivity index (χ0) is 14.7. The second kappa shape index (κ2) is 5.86. The Kier molecular flexibility index (Phi) is 4.90. The van der Waals surface area contributed by atoms with E-state index in [1.54, 1.807) is 0 Å². The van der Waals surface area contributed by atoms with Crippen LogP contribution < -0.4 is 5.32 Å². The molecule has 1 heterocycles. The van der Waals surface area contributed by atoms with Crippen molar-refractivity contribution in [3.8, 4) is 0 Å². The fraction of sp³-hybridized carbons (Fsp3) is 0.769. The van der Waals surface area contributed by atoms with Crippen LogP contribution in [0.4, 0.5) is 5.13 Å². The lowest BCUT2D eigenvalue weighted by Crippen LogP contribution is -2.25. The summed E-state index contributed by atoms with van der Waals surface area (Å²) in [5, 5.41) is 3.84. The van der Waals surface area contributed by atoms with Crippen LogP contribution in [0.2, 0.25) is 0 Å². The average Bonchev–Trinajstić information content (AvgIpc) is 2.62. The SMILES string of the molecule is CC(C)(C)OC(=O)CCNc1nc(C(C)(C)C)ns1. The highest BCUT2D eigenvalue weighted by Gasteiger charge is 2.20. The number of carbonyl (C=O) groups excluding carboxylic acids is 1. The van der Waals surface area contributed by atoms with Crippen molar-refractivity contribution in [1.82, 2.24) is 9.36 Å².